The van der Waals surface area contributed by atoms with E-state index >= 15 is 0 Å². The van der Waals surface area contributed by atoms with Crippen LogP contribution in [0.4, 0.5) is 17.3 Å². The number of rotatable bonds is 8. The number of hydrogen-bond donors (Lipinski definition) is 2. The molecule has 4 aromatic rings. The average molecular weight is 476 g/mol. The first-order chi connectivity index (χ1) is 17.0. The van der Waals surface area contributed by atoms with E-state index in [1.165, 1.54) is 37.2 Å². The normalized spacial score (nSPS) is 13.9. The van der Waals surface area contributed by atoms with E-state index in [0.29, 0.717) is 46.2 Å². The van der Waals surface area contributed by atoms with E-state index in [1.807, 2.05) is 12.1 Å². The number of non-ortho nitro benzene ring substituents is 1. The molecule has 35 heavy (non-hydrogen) atoms. The van der Waals surface area contributed by atoms with E-state index in [0.717, 1.165) is 19.6 Å². The maximum absolute atomic E-state index is 12.4. The summed E-state index contributed by atoms with van der Waals surface area (Å²) in [7, 11) is 1.58. The Bertz CT molecular complexity index is 1460. The zero-order chi connectivity index (χ0) is 24.4. The molecule has 11 nitrogen and oxygen atoms in total. The molecule has 0 saturated carbocycles. The lowest BCUT2D eigenvalue weighted by molar-refractivity contribution is -0.384. The van der Waals surface area contributed by atoms with Crippen molar-refractivity contribution in [3.8, 4) is 11.5 Å². The highest BCUT2D eigenvalue weighted by atomic mass is 16.6. The first-order valence-corrected chi connectivity index (χ1v) is 11.3. The molecule has 11 heteroatoms. The van der Waals surface area contributed by atoms with Crippen molar-refractivity contribution < 1.29 is 14.4 Å². The highest BCUT2D eigenvalue weighted by Gasteiger charge is 2.15. The summed E-state index contributed by atoms with van der Waals surface area (Å²) in [5.74, 6) is 1.54. The number of nitrogens with zero attached hydrogens (tertiary/aromatic N) is 4. The number of methoxy groups -OCH3 is 1. The summed E-state index contributed by atoms with van der Waals surface area (Å²) in [5.41, 5.74) is 0.995. The van der Waals surface area contributed by atoms with Gasteiger partial charge in [0.05, 0.1) is 29.1 Å². The number of fused-ring (bicyclic) bond motifs is 3. The number of anilines is 2. The molecule has 0 spiro atoms. The third kappa shape index (κ3) is 4.71. The van der Waals surface area contributed by atoms with Gasteiger partial charge in [0.15, 0.2) is 11.5 Å². The number of pyridine rings is 1. The SMILES string of the molecule is COc1cc(Nc2ncc3[nH]c(=O)c4cc([N+](=O)[O-])ccc4c3n2)ccc1OCCN1CCCC1. The van der Waals surface area contributed by atoms with Crippen LogP contribution >= 0.6 is 0 Å². The predicted octanol–water partition coefficient (Wildman–Crippen LogP) is 3.61. The van der Waals surface area contributed by atoms with Crippen LogP contribution in [0.1, 0.15) is 12.8 Å². The van der Waals surface area contributed by atoms with E-state index in [1.54, 1.807) is 13.2 Å². The Morgan fingerprint density at radius 2 is 1.97 bits per heavy atom. The van der Waals surface area contributed by atoms with Gasteiger partial charge in [-0.1, -0.05) is 0 Å². The fourth-order valence-electron chi connectivity index (χ4n) is 4.25. The van der Waals surface area contributed by atoms with Gasteiger partial charge in [-0.3, -0.25) is 19.8 Å². The number of benzene rings is 2. The van der Waals surface area contributed by atoms with Gasteiger partial charge in [-0.25, -0.2) is 9.97 Å². The van der Waals surface area contributed by atoms with Crippen molar-refractivity contribution in [3.05, 3.63) is 63.1 Å². The molecule has 3 heterocycles. The van der Waals surface area contributed by atoms with Crippen molar-refractivity contribution in [1.82, 2.24) is 19.9 Å². The van der Waals surface area contributed by atoms with Gasteiger partial charge in [0.2, 0.25) is 5.95 Å². The molecule has 0 atom stereocenters. The molecule has 5 rings (SSSR count). The standard InChI is InChI=1S/C24H24N6O5/c1-34-21-12-15(4-7-20(21)35-11-10-29-8-2-3-9-29)26-24-25-14-19-22(28-24)17-6-5-16(30(32)33)13-18(17)23(31)27-19/h4-7,12-14H,2-3,8-11H2,1H3,(H,27,31)(H,25,26,28). The van der Waals surface area contributed by atoms with Gasteiger partial charge in [-0.2, -0.15) is 0 Å². The van der Waals surface area contributed by atoms with Gasteiger partial charge in [0.1, 0.15) is 12.1 Å². The molecule has 0 radical (unpaired) electrons. The average Bonchev–Trinajstić information content (AvgIpc) is 3.38. The lowest BCUT2D eigenvalue weighted by Crippen LogP contribution is -2.25. The van der Waals surface area contributed by atoms with Gasteiger partial charge >= 0.3 is 0 Å². The lowest BCUT2D eigenvalue weighted by atomic mass is 10.1. The molecule has 1 aliphatic heterocycles. The number of nitrogens with one attached hydrogen (secondary N) is 2. The summed E-state index contributed by atoms with van der Waals surface area (Å²) in [5, 5.41) is 14.9. The molecule has 0 bridgehead atoms. The van der Waals surface area contributed by atoms with Crippen molar-refractivity contribution in [2.45, 2.75) is 12.8 Å². The van der Waals surface area contributed by atoms with E-state index in [2.05, 4.69) is 25.2 Å². The van der Waals surface area contributed by atoms with Crippen molar-refractivity contribution in [2.75, 3.05) is 38.7 Å². The minimum atomic E-state index is -0.538. The number of hydrogen-bond acceptors (Lipinski definition) is 9. The van der Waals surface area contributed by atoms with E-state index in [4.69, 9.17) is 9.47 Å². The summed E-state index contributed by atoms with van der Waals surface area (Å²) in [6, 6.07) is 9.60. The topological polar surface area (TPSA) is 136 Å². The first-order valence-electron chi connectivity index (χ1n) is 11.3. The molecule has 1 fully saturated rings. The zero-order valence-electron chi connectivity index (χ0n) is 19.1. The second kappa shape index (κ2) is 9.55. The molecule has 180 valence electrons. The Morgan fingerprint density at radius 1 is 1.14 bits per heavy atom. The van der Waals surface area contributed by atoms with Gasteiger partial charge in [-0.05, 0) is 44.1 Å². The van der Waals surface area contributed by atoms with Crippen LogP contribution < -0.4 is 20.3 Å². The van der Waals surface area contributed by atoms with Gasteiger partial charge in [0, 0.05) is 35.8 Å². The van der Waals surface area contributed by atoms with Crippen LogP contribution in [0.5, 0.6) is 11.5 Å². The Kier molecular flexibility index (Phi) is 6.15. The number of nitro groups is 1. The molecule has 2 aromatic carbocycles. The quantitative estimate of drug-likeness (QED) is 0.222. The number of aromatic nitrogens is 3. The number of H-pyrrole nitrogens is 1. The van der Waals surface area contributed by atoms with E-state index in [-0.39, 0.29) is 11.1 Å². The Morgan fingerprint density at radius 3 is 2.74 bits per heavy atom. The van der Waals surface area contributed by atoms with Crippen LogP contribution in [0.3, 0.4) is 0 Å². The van der Waals surface area contributed by atoms with E-state index in [9.17, 15) is 14.9 Å². The molecule has 1 saturated heterocycles. The van der Waals surface area contributed by atoms with Gasteiger partial charge in [-0.15, -0.1) is 0 Å². The Hall–Kier alpha value is -4.25. The summed E-state index contributed by atoms with van der Waals surface area (Å²) in [4.78, 5) is 36.9. The van der Waals surface area contributed by atoms with Crippen molar-refractivity contribution >= 4 is 39.1 Å². The second-order valence-electron chi connectivity index (χ2n) is 8.28. The van der Waals surface area contributed by atoms with Crippen LogP contribution in [-0.2, 0) is 0 Å². The minimum Gasteiger partial charge on any atom is -0.493 e. The van der Waals surface area contributed by atoms with E-state index < -0.39 is 10.5 Å². The maximum atomic E-state index is 12.4. The first kappa shape index (κ1) is 22.5. The molecule has 2 aromatic heterocycles. The molecule has 0 aliphatic carbocycles. The summed E-state index contributed by atoms with van der Waals surface area (Å²) >= 11 is 0. The molecule has 0 unspecified atom stereocenters. The lowest BCUT2D eigenvalue weighted by Gasteiger charge is -2.16. The third-order valence-electron chi connectivity index (χ3n) is 6.03. The van der Waals surface area contributed by atoms with Crippen molar-refractivity contribution in [2.24, 2.45) is 0 Å². The number of likely N-dealkylation sites (tertiary alicyclic amines) is 1. The van der Waals surface area contributed by atoms with Crippen molar-refractivity contribution in [1.29, 1.82) is 0 Å². The molecular formula is C24H24N6O5. The minimum absolute atomic E-state index is 0.162. The molecular weight excluding hydrogens is 452 g/mol. The summed E-state index contributed by atoms with van der Waals surface area (Å²) in [6.45, 7) is 3.71. The Labute approximate surface area is 199 Å². The molecule has 2 N–H and O–H groups in total. The smallest absolute Gasteiger partial charge is 0.270 e. The Balaban J connectivity index is 1.39. The van der Waals surface area contributed by atoms with Crippen LogP contribution in [0.2, 0.25) is 0 Å². The zero-order valence-corrected chi connectivity index (χ0v) is 19.1. The monoisotopic (exact) mass is 476 g/mol. The number of ether oxygens (including phenoxy) is 2. The third-order valence-corrected chi connectivity index (χ3v) is 6.03. The summed E-state index contributed by atoms with van der Waals surface area (Å²) < 4.78 is 11.4. The predicted molar refractivity (Wildman–Crippen MR) is 132 cm³/mol. The highest BCUT2D eigenvalue weighted by Crippen LogP contribution is 2.31. The van der Waals surface area contributed by atoms with Gasteiger partial charge in [0.25, 0.3) is 11.2 Å². The fourth-order valence-corrected chi connectivity index (χ4v) is 4.25. The highest BCUT2D eigenvalue weighted by molar-refractivity contribution is 6.03. The largest absolute Gasteiger partial charge is 0.493 e. The fraction of sp³-hybridized carbons (Fsp3) is 0.292. The van der Waals surface area contributed by atoms with Crippen LogP contribution in [0, 0.1) is 10.1 Å². The molecule has 0 amide bonds. The van der Waals surface area contributed by atoms with Crippen LogP contribution in [0.15, 0.2) is 47.4 Å². The van der Waals surface area contributed by atoms with Gasteiger partial charge < -0.3 is 19.8 Å². The summed E-state index contributed by atoms with van der Waals surface area (Å²) in [6.07, 6.45) is 3.98. The van der Waals surface area contributed by atoms with Crippen LogP contribution in [-0.4, -0.2) is 58.1 Å². The second-order valence-corrected chi connectivity index (χ2v) is 8.28. The van der Waals surface area contributed by atoms with Crippen LogP contribution in [0.25, 0.3) is 21.8 Å². The number of nitro benzene ring substituents is 1. The van der Waals surface area contributed by atoms with Crippen molar-refractivity contribution in [3.63, 3.8) is 0 Å². The molecule has 1 aliphatic rings. The maximum Gasteiger partial charge on any atom is 0.270 e. The number of aromatic amines is 1.